The molecule has 0 spiro atoms. The van der Waals surface area contributed by atoms with Gasteiger partial charge in [0.2, 0.25) is 5.95 Å². The van der Waals surface area contributed by atoms with E-state index in [-0.39, 0.29) is 23.0 Å². The summed E-state index contributed by atoms with van der Waals surface area (Å²) in [6, 6.07) is 17.9. The van der Waals surface area contributed by atoms with Crippen LogP contribution in [0.25, 0.3) is 16.8 Å². The predicted molar refractivity (Wildman–Crippen MR) is 125 cm³/mol. The Morgan fingerprint density at radius 3 is 2.48 bits per heavy atom. The zero-order valence-corrected chi connectivity index (χ0v) is 18.0. The number of benzene rings is 3. The number of nitrogens with one attached hydrogen (secondary N) is 1. The molecule has 3 N–H and O–H groups in total. The molecule has 1 aliphatic heterocycles. The van der Waals surface area contributed by atoms with E-state index in [0.29, 0.717) is 22.2 Å². The Kier molecular flexibility index (Phi) is 4.74. The van der Waals surface area contributed by atoms with Crippen LogP contribution in [0.1, 0.15) is 28.3 Å². The molecule has 3 aromatic carbocycles. The molecule has 4 aromatic rings. The third-order valence-electron chi connectivity index (χ3n) is 6.02. The molecule has 33 heavy (non-hydrogen) atoms. The van der Waals surface area contributed by atoms with Crippen LogP contribution in [-0.4, -0.2) is 31.9 Å². The number of aromatic hydroxyl groups is 1. The maximum atomic E-state index is 13.2. The van der Waals surface area contributed by atoms with E-state index in [1.54, 1.807) is 30.3 Å². The number of aliphatic hydroxyl groups is 1. The summed E-state index contributed by atoms with van der Waals surface area (Å²) in [5.74, 6) is -1.74. The molecule has 1 aromatic heterocycles. The minimum Gasteiger partial charge on any atom is -0.508 e. The Morgan fingerprint density at radius 2 is 1.76 bits per heavy atom. The Hall–Kier alpha value is -4.39. The molecular weight excluding hydrogens is 418 g/mol. The van der Waals surface area contributed by atoms with E-state index >= 15 is 0 Å². The predicted octanol–water partition coefficient (Wildman–Crippen LogP) is 4.51. The molecule has 0 radical (unpaired) electrons. The summed E-state index contributed by atoms with van der Waals surface area (Å²) in [6.45, 7) is 3.86. The SMILES string of the molecule is Cc1ccc(/C(O)=C2\C(=O)C(=O)N(c3nc4ccccc4[nH]3)C2c2cccc(O)c2)cc1C. The van der Waals surface area contributed by atoms with Crippen LogP contribution in [0, 0.1) is 13.8 Å². The number of aromatic nitrogens is 2. The lowest BCUT2D eigenvalue weighted by Gasteiger charge is -2.23. The summed E-state index contributed by atoms with van der Waals surface area (Å²) < 4.78 is 0. The van der Waals surface area contributed by atoms with Crippen molar-refractivity contribution < 1.29 is 19.8 Å². The van der Waals surface area contributed by atoms with Crippen molar-refractivity contribution >= 4 is 34.4 Å². The molecule has 1 fully saturated rings. The number of imidazole rings is 1. The van der Waals surface area contributed by atoms with Crippen molar-refractivity contribution in [2.24, 2.45) is 0 Å². The second-order valence-electron chi connectivity index (χ2n) is 8.14. The molecule has 1 aliphatic rings. The van der Waals surface area contributed by atoms with Gasteiger partial charge in [-0.1, -0.05) is 36.4 Å². The molecule has 0 saturated carbocycles. The highest BCUT2D eigenvalue weighted by atomic mass is 16.3. The van der Waals surface area contributed by atoms with Crippen LogP contribution in [0.2, 0.25) is 0 Å². The van der Waals surface area contributed by atoms with E-state index in [2.05, 4.69) is 9.97 Å². The van der Waals surface area contributed by atoms with Crippen molar-refractivity contribution in [3.63, 3.8) is 0 Å². The molecule has 2 heterocycles. The molecule has 7 heteroatoms. The minimum absolute atomic E-state index is 0.0196. The number of hydrogen-bond donors (Lipinski definition) is 3. The lowest BCUT2D eigenvalue weighted by atomic mass is 9.94. The highest BCUT2D eigenvalue weighted by molar-refractivity contribution is 6.51. The summed E-state index contributed by atoms with van der Waals surface area (Å²) in [5, 5.41) is 21.3. The van der Waals surface area contributed by atoms with Gasteiger partial charge in [0.1, 0.15) is 11.5 Å². The average Bonchev–Trinajstić information content (AvgIpc) is 3.34. The maximum Gasteiger partial charge on any atom is 0.302 e. The fraction of sp³-hybridized carbons (Fsp3) is 0.115. The number of phenolic OH excluding ortho intramolecular Hbond substituents is 1. The van der Waals surface area contributed by atoms with E-state index in [4.69, 9.17) is 0 Å². The highest BCUT2D eigenvalue weighted by Gasteiger charge is 2.48. The molecule has 0 aliphatic carbocycles. The zero-order chi connectivity index (χ0) is 23.3. The topological polar surface area (TPSA) is 107 Å². The second-order valence-corrected chi connectivity index (χ2v) is 8.14. The number of anilines is 1. The van der Waals surface area contributed by atoms with Crippen LogP contribution < -0.4 is 4.90 Å². The van der Waals surface area contributed by atoms with Gasteiger partial charge >= 0.3 is 5.91 Å². The van der Waals surface area contributed by atoms with Gasteiger partial charge in [-0.3, -0.25) is 14.5 Å². The number of Topliss-reactive ketones (excluding diaryl/α,β-unsaturated/α-hetero) is 1. The van der Waals surface area contributed by atoms with E-state index in [1.807, 2.05) is 38.1 Å². The van der Waals surface area contributed by atoms with Gasteiger partial charge in [-0.05, 0) is 60.9 Å². The molecule has 1 amide bonds. The molecular formula is C26H21N3O4. The van der Waals surface area contributed by atoms with Crippen LogP contribution in [0.15, 0.2) is 72.3 Å². The van der Waals surface area contributed by atoms with Crippen LogP contribution in [-0.2, 0) is 9.59 Å². The Balaban J connectivity index is 1.75. The van der Waals surface area contributed by atoms with Gasteiger partial charge in [-0.25, -0.2) is 4.98 Å². The first-order valence-corrected chi connectivity index (χ1v) is 10.5. The van der Waals surface area contributed by atoms with Crippen molar-refractivity contribution in [2.45, 2.75) is 19.9 Å². The van der Waals surface area contributed by atoms with Gasteiger partial charge in [-0.15, -0.1) is 0 Å². The normalized spacial score (nSPS) is 17.8. The number of carbonyl (C=O) groups is 2. The van der Waals surface area contributed by atoms with Crippen LogP contribution in [0.5, 0.6) is 5.75 Å². The molecule has 1 saturated heterocycles. The minimum atomic E-state index is -0.973. The number of aryl methyl sites for hydroxylation is 2. The van der Waals surface area contributed by atoms with Crippen molar-refractivity contribution in [1.29, 1.82) is 0 Å². The molecule has 5 rings (SSSR count). The summed E-state index contributed by atoms with van der Waals surface area (Å²) in [7, 11) is 0. The van der Waals surface area contributed by atoms with E-state index in [1.165, 1.54) is 17.0 Å². The molecule has 7 nitrogen and oxygen atoms in total. The van der Waals surface area contributed by atoms with E-state index < -0.39 is 17.7 Å². The number of phenols is 1. The number of rotatable bonds is 3. The van der Waals surface area contributed by atoms with Crippen molar-refractivity contribution in [2.75, 3.05) is 4.90 Å². The third kappa shape index (κ3) is 3.34. The zero-order valence-electron chi connectivity index (χ0n) is 18.0. The van der Waals surface area contributed by atoms with Crippen molar-refractivity contribution in [1.82, 2.24) is 9.97 Å². The second kappa shape index (κ2) is 7.63. The smallest absolute Gasteiger partial charge is 0.302 e. The summed E-state index contributed by atoms with van der Waals surface area (Å²) in [5.41, 5.74) is 4.18. The van der Waals surface area contributed by atoms with Crippen LogP contribution in [0.3, 0.4) is 0 Å². The Labute approximate surface area is 189 Å². The number of nitrogens with zero attached hydrogens (tertiary/aromatic N) is 2. The number of H-pyrrole nitrogens is 1. The monoisotopic (exact) mass is 439 g/mol. The fourth-order valence-corrected chi connectivity index (χ4v) is 4.16. The summed E-state index contributed by atoms with van der Waals surface area (Å²) >= 11 is 0. The van der Waals surface area contributed by atoms with Gasteiger partial charge in [-0.2, -0.15) is 0 Å². The lowest BCUT2D eigenvalue weighted by molar-refractivity contribution is -0.132. The first-order valence-electron chi connectivity index (χ1n) is 10.5. The van der Waals surface area contributed by atoms with Crippen molar-refractivity contribution in [3.8, 4) is 5.75 Å². The van der Waals surface area contributed by atoms with Gasteiger partial charge in [0, 0.05) is 5.56 Å². The number of para-hydroxylation sites is 2. The highest BCUT2D eigenvalue weighted by Crippen LogP contribution is 2.42. The van der Waals surface area contributed by atoms with E-state index in [0.717, 1.165) is 11.1 Å². The number of aromatic amines is 1. The molecule has 164 valence electrons. The maximum absolute atomic E-state index is 13.2. The fourth-order valence-electron chi connectivity index (χ4n) is 4.16. The van der Waals surface area contributed by atoms with Gasteiger partial charge < -0.3 is 15.2 Å². The Morgan fingerprint density at radius 1 is 0.970 bits per heavy atom. The van der Waals surface area contributed by atoms with Crippen molar-refractivity contribution in [3.05, 3.63) is 94.6 Å². The largest absolute Gasteiger partial charge is 0.508 e. The molecule has 1 unspecified atom stereocenters. The number of amides is 1. The number of ketones is 1. The molecule has 0 bridgehead atoms. The quantitative estimate of drug-likeness (QED) is 0.247. The standard InChI is InChI=1S/C26H21N3O4/c1-14-10-11-17(12-15(14)2)23(31)21-22(16-6-5-7-18(30)13-16)29(25(33)24(21)32)26-27-19-8-3-4-9-20(19)28-26/h3-13,22,30-31H,1-2H3,(H,27,28)/b23-21+. The summed E-state index contributed by atoms with van der Waals surface area (Å²) in [6.07, 6.45) is 0. The number of fused-ring (bicyclic) bond motifs is 1. The first kappa shape index (κ1) is 20.5. The van der Waals surface area contributed by atoms with Gasteiger partial charge in [0.15, 0.2) is 0 Å². The Bertz CT molecular complexity index is 1430. The first-order chi connectivity index (χ1) is 15.8. The average molecular weight is 439 g/mol. The number of hydrogen-bond acceptors (Lipinski definition) is 5. The van der Waals surface area contributed by atoms with Crippen LogP contribution in [0.4, 0.5) is 5.95 Å². The van der Waals surface area contributed by atoms with Gasteiger partial charge in [0.25, 0.3) is 5.78 Å². The number of aliphatic hydroxyl groups excluding tert-OH is 1. The lowest BCUT2D eigenvalue weighted by Crippen LogP contribution is -2.30. The van der Waals surface area contributed by atoms with E-state index in [9.17, 15) is 19.8 Å². The summed E-state index contributed by atoms with van der Waals surface area (Å²) in [4.78, 5) is 35.3. The van der Waals surface area contributed by atoms with Gasteiger partial charge in [0.05, 0.1) is 22.6 Å². The van der Waals surface area contributed by atoms with Crippen LogP contribution >= 0.6 is 0 Å². The third-order valence-corrected chi connectivity index (χ3v) is 6.02. The number of carbonyl (C=O) groups excluding carboxylic acids is 2. The molecule has 1 atom stereocenters.